The Kier molecular flexibility index (Phi) is 20.2. The van der Waals surface area contributed by atoms with Crippen LogP contribution in [0.5, 0.6) is 0 Å². The second-order valence-electron chi connectivity index (χ2n) is 18.2. The Balaban J connectivity index is 1.99. The van der Waals surface area contributed by atoms with Gasteiger partial charge in [-0.3, -0.25) is 33.6 Å². The summed E-state index contributed by atoms with van der Waals surface area (Å²) in [5.74, 6) is -5.35. The maximum Gasteiger partial charge on any atom is 0.403 e. The number of rotatable bonds is 14. The van der Waals surface area contributed by atoms with Crippen molar-refractivity contribution in [3.63, 3.8) is 0 Å². The molecule has 7 amide bonds. The fourth-order valence-electron chi connectivity index (χ4n) is 8.29. The van der Waals surface area contributed by atoms with Gasteiger partial charge in [0.1, 0.15) is 41.2 Å². The number of amides is 7. The van der Waals surface area contributed by atoms with E-state index >= 15 is 0 Å². The molecule has 1 saturated heterocycles. The molecule has 5 N–H and O–H groups in total. The van der Waals surface area contributed by atoms with Crippen molar-refractivity contribution in [3.05, 3.63) is 33.8 Å². The summed E-state index contributed by atoms with van der Waals surface area (Å²) in [4.78, 5) is 100. The van der Waals surface area contributed by atoms with Gasteiger partial charge in [-0.2, -0.15) is 13.2 Å². The van der Waals surface area contributed by atoms with Gasteiger partial charge in [-0.15, -0.1) is 0 Å². The molecule has 64 heavy (non-hydrogen) atoms. The van der Waals surface area contributed by atoms with Crippen LogP contribution >= 0.6 is 23.2 Å². The van der Waals surface area contributed by atoms with E-state index < -0.39 is 88.7 Å². The fourth-order valence-corrected chi connectivity index (χ4v) is 8.68. The minimum Gasteiger partial charge on any atom is -0.354 e. The first-order valence-electron chi connectivity index (χ1n) is 22.5. The van der Waals surface area contributed by atoms with E-state index in [0.717, 1.165) is 0 Å². The van der Waals surface area contributed by atoms with E-state index in [9.17, 15) is 46.7 Å². The number of halogens is 5. The predicted octanol–water partition coefficient (Wildman–Crippen LogP) is 6.00. The Morgan fingerprint density at radius 1 is 0.953 bits per heavy atom. The fraction of sp³-hybridized carbons (Fsp3) is 0.711. The molecule has 19 heteroatoms. The first-order chi connectivity index (χ1) is 29.9. The first kappa shape index (κ1) is 54.2. The Bertz CT molecular complexity index is 1830. The van der Waals surface area contributed by atoms with Crippen LogP contribution in [0.15, 0.2) is 18.2 Å². The van der Waals surface area contributed by atoms with E-state index in [2.05, 4.69) is 26.6 Å². The monoisotopic (exact) mass is 945 g/mol. The number of likely N-dealkylation sites (N-methyl/N-ethyl adjacent to an activating group) is 2. The molecule has 1 saturated carbocycles. The van der Waals surface area contributed by atoms with Crippen molar-refractivity contribution in [2.45, 2.75) is 173 Å². The molecule has 1 aromatic rings. The third-order valence-electron chi connectivity index (χ3n) is 12.3. The molecule has 5 atom stereocenters. The zero-order chi connectivity index (χ0) is 48.2. The highest BCUT2D eigenvalue weighted by Crippen LogP contribution is 2.49. The average molecular weight is 947 g/mol. The summed E-state index contributed by atoms with van der Waals surface area (Å²) >= 11 is 12.8. The second kappa shape index (κ2) is 23.9. The van der Waals surface area contributed by atoms with Crippen LogP contribution in [-0.2, 0) is 40.0 Å². The van der Waals surface area contributed by atoms with Crippen molar-refractivity contribution in [1.82, 2.24) is 36.4 Å². The van der Waals surface area contributed by atoms with Crippen LogP contribution < -0.4 is 26.6 Å². The van der Waals surface area contributed by atoms with E-state index in [1.165, 1.54) is 37.7 Å². The molecule has 1 aliphatic heterocycles. The van der Waals surface area contributed by atoms with Crippen LogP contribution in [0.2, 0.25) is 10.0 Å². The number of carbonyl (C=O) groups is 7. The number of hydrogen-bond donors (Lipinski definition) is 5. The van der Waals surface area contributed by atoms with Gasteiger partial charge in [0, 0.05) is 37.1 Å². The lowest BCUT2D eigenvalue weighted by Crippen LogP contribution is -2.62. The minimum absolute atomic E-state index is 0.0524. The Hall–Kier alpha value is -4.12. The number of carbonyl (C=O) groups excluding carboxylic acids is 7. The number of hydrogen-bond acceptors (Lipinski definition) is 7. The SMILES string of the molecule is CCCC[C@H](NC(=O)[C@H](CC)NC(=O)C1(C(F)(F)F)CCCCC1)C(=O)N(C)[C@H]1CCCCNC(=O)C(C)(C)NC(=O)[C@H](Cc2cc(Cl)ccc2Cl)N(C)C(=O)[C@H](CC(C)C)NC1=O. The molecule has 1 heterocycles. The molecular weight excluding hydrogens is 878 g/mol. The van der Waals surface area contributed by atoms with Gasteiger partial charge in [-0.05, 0) is 94.9 Å². The van der Waals surface area contributed by atoms with Crippen LogP contribution in [0.1, 0.15) is 131 Å². The van der Waals surface area contributed by atoms with E-state index in [4.69, 9.17) is 23.2 Å². The second-order valence-corrected chi connectivity index (χ2v) is 19.0. The normalized spacial score (nSPS) is 22.4. The van der Waals surface area contributed by atoms with E-state index in [1.807, 2.05) is 20.8 Å². The van der Waals surface area contributed by atoms with Gasteiger partial charge in [0.15, 0.2) is 0 Å². The molecule has 1 aromatic carbocycles. The van der Waals surface area contributed by atoms with Crippen molar-refractivity contribution in [3.8, 4) is 0 Å². The number of nitrogens with one attached hydrogen (secondary N) is 5. The van der Waals surface area contributed by atoms with Gasteiger partial charge < -0.3 is 36.4 Å². The molecular formula is C45H68Cl2F3N7O7. The van der Waals surface area contributed by atoms with Crippen molar-refractivity contribution >= 4 is 64.6 Å². The van der Waals surface area contributed by atoms with Gasteiger partial charge in [0.2, 0.25) is 41.4 Å². The zero-order valence-electron chi connectivity index (χ0n) is 38.4. The number of nitrogens with zero attached hydrogens (tertiary/aromatic N) is 2. The Morgan fingerprint density at radius 3 is 2.20 bits per heavy atom. The molecule has 360 valence electrons. The molecule has 0 spiro atoms. The van der Waals surface area contributed by atoms with Gasteiger partial charge in [-0.1, -0.05) is 83.0 Å². The lowest BCUT2D eigenvalue weighted by atomic mass is 9.72. The van der Waals surface area contributed by atoms with Gasteiger partial charge >= 0.3 is 6.18 Å². The summed E-state index contributed by atoms with van der Waals surface area (Å²) in [7, 11) is 2.81. The molecule has 2 aliphatic rings. The summed E-state index contributed by atoms with van der Waals surface area (Å²) in [5.41, 5.74) is -3.57. The summed E-state index contributed by atoms with van der Waals surface area (Å²) in [6, 6.07) is -1.46. The molecule has 1 aliphatic carbocycles. The third kappa shape index (κ3) is 14.2. The van der Waals surface area contributed by atoms with Gasteiger partial charge in [0.05, 0.1) is 0 Å². The molecule has 3 rings (SSSR count). The quantitative estimate of drug-likeness (QED) is 0.152. The first-order valence-corrected chi connectivity index (χ1v) is 23.2. The topological polar surface area (TPSA) is 186 Å². The average Bonchev–Trinajstić information content (AvgIpc) is 3.23. The number of benzene rings is 1. The maximum absolute atomic E-state index is 14.5. The number of unbranched alkanes of at least 4 members (excludes halogenated alkanes) is 1. The standard InChI is InChI=1S/C45H68Cl2F3N7O7/c1-9-11-17-32(52-36(58)31(10-2)54-42(64)44(45(48,49)50)21-14-12-15-22-44)39(61)56(7)34-18-13-16-23-51-41(63)43(5,6)55-38(60)35(26-28-25-29(46)19-20-30(28)47)57(8)40(62)33(24-27(3)4)53-37(34)59/h19-20,25,27,31-35H,9-18,21-24,26H2,1-8H3,(H,51,63)(H,52,58)(H,53,59)(H,54,64)(H,55,60)/t31-,32-,33-,34-,35-/m0/s1. The summed E-state index contributed by atoms with van der Waals surface area (Å²) < 4.78 is 43.1. The molecule has 14 nitrogen and oxygen atoms in total. The predicted molar refractivity (Wildman–Crippen MR) is 239 cm³/mol. The summed E-state index contributed by atoms with van der Waals surface area (Å²) in [6.45, 7) is 10.4. The van der Waals surface area contributed by atoms with Crippen LogP contribution in [0.3, 0.4) is 0 Å². The zero-order valence-corrected chi connectivity index (χ0v) is 40.0. The van der Waals surface area contributed by atoms with Crippen LogP contribution in [0.4, 0.5) is 13.2 Å². The van der Waals surface area contributed by atoms with Crippen molar-refractivity contribution in [1.29, 1.82) is 0 Å². The maximum atomic E-state index is 14.5. The highest BCUT2D eigenvalue weighted by molar-refractivity contribution is 6.33. The molecule has 0 bridgehead atoms. The smallest absolute Gasteiger partial charge is 0.354 e. The Morgan fingerprint density at radius 2 is 1.61 bits per heavy atom. The van der Waals surface area contributed by atoms with Crippen molar-refractivity contribution < 1.29 is 46.7 Å². The highest BCUT2D eigenvalue weighted by atomic mass is 35.5. The lowest BCUT2D eigenvalue weighted by molar-refractivity contribution is -0.230. The number of alkyl halides is 3. The molecule has 0 radical (unpaired) electrons. The molecule has 2 fully saturated rings. The van der Waals surface area contributed by atoms with Crippen LogP contribution in [0, 0.1) is 11.3 Å². The Labute approximate surface area is 385 Å². The third-order valence-corrected chi connectivity index (χ3v) is 13.0. The largest absolute Gasteiger partial charge is 0.403 e. The summed E-state index contributed by atoms with van der Waals surface area (Å²) in [5, 5.41) is 14.1. The summed E-state index contributed by atoms with van der Waals surface area (Å²) in [6.07, 6.45) is -2.61. The highest BCUT2D eigenvalue weighted by Gasteiger charge is 2.60. The van der Waals surface area contributed by atoms with E-state index in [0.29, 0.717) is 47.7 Å². The van der Waals surface area contributed by atoms with Gasteiger partial charge in [-0.25, -0.2) is 0 Å². The van der Waals surface area contributed by atoms with Crippen LogP contribution in [-0.4, -0.2) is 114 Å². The molecule has 0 aromatic heterocycles. The molecule has 0 unspecified atom stereocenters. The van der Waals surface area contributed by atoms with E-state index in [1.54, 1.807) is 25.1 Å². The van der Waals surface area contributed by atoms with Crippen molar-refractivity contribution in [2.24, 2.45) is 11.3 Å². The van der Waals surface area contributed by atoms with Crippen LogP contribution in [0.25, 0.3) is 0 Å². The van der Waals surface area contributed by atoms with Crippen molar-refractivity contribution in [2.75, 3.05) is 20.6 Å². The van der Waals surface area contributed by atoms with E-state index in [-0.39, 0.29) is 70.3 Å². The van der Waals surface area contributed by atoms with Gasteiger partial charge in [0.25, 0.3) is 0 Å². The lowest BCUT2D eigenvalue weighted by Gasteiger charge is -2.38. The minimum atomic E-state index is -4.82.